The van der Waals surface area contributed by atoms with Crippen molar-refractivity contribution in [1.82, 2.24) is 9.88 Å². The Balaban J connectivity index is 1.84. The lowest BCUT2D eigenvalue weighted by Crippen LogP contribution is -2.44. The smallest absolute Gasteiger partial charge is 0.412 e. The number of nitrogens with zero attached hydrogens (tertiary/aromatic N) is 1. The third-order valence-corrected chi connectivity index (χ3v) is 6.38. The van der Waals surface area contributed by atoms with Gasteiger partial charge in [0, 0.05) is 46.4 Å². The normalized spacial score (nSPS) is 18.8. The van der Waals surface area contributed by atoms with E-state index in [4.69, 9.17) is 5.11 Å². The van der Waals surface area contributed by atoms with Gasteiger partial charge in [0.15, 0.2) is 0 Å². The minimum Gasteiger partial charge on any atom is -0.478 e. The van der Waals surface area contributed by atoms with Crippen LogP contribution in [0.1, 0.15) is 41.8 Å². The van der Waals surface area contributed by atoms with Gasteiger partial charge in [0.1, 0.15) is 11.6 Å². The number of nitrogens with one attached hydrogen (secondary N) is 1. The van der Waals surface area contributed by atoms with Gasteiger partial charge in [-0.1, -0.05) is 24.8 Å². The Morgan fingerprint density at radius 2 is 1.89 bits per heavy atom. The Hall–Kier alpha value is -3.46. The fraction of sp³-hybridized carbons (Fsp3) is 0.269. The number of carboxylic acid groups (broad SMARTS) is 1. The number of aliphatic carboxylic acids is 1. The number of carbonyl (C=O) groups is 1. The molecule has 0 radical (unpaired) electrons. The quantitative estimate of drug-likeness (QED) is 0.239. The highest BCUT2D eigenvalue weighted by Crippen LogP contribution is 2.43. The summed E-state index contributed by atoms with van der Waals surface area (Å²) in [4.78, 5) is 15.7. The third-order valence-electron chi connectivity index (χ3n) is 6.38. The Morgan fingerprint density at radius 3 is 2.51 bits per heavy atom. The number of rotatable bonds is 6. The highest BCUT2D eigenvalue weighted by molar-refractivity contribution is 5.86. The summed E-state index contributed by atoms with van der Waals surface area (Å²) in [7, 11) is 0. The van der Waals surface area contributed by atoms with Crippen molar-refractivity contribution in [2.45, 2.75) is 38.0 Å². The van der Waals surface area contributed by atoms with E-state index in [-0.39, 0.29) is 23.7 Å². The highest BCUT2D eigenvalue weighted by Gasteiger charge is 2.40. The molecule has 2 atom stereocenters. The standard InChI is InChI=1S/C26H23F5N2O2/c1-14(26(29,30)31)9-10-33-15(2)11-18-17-5-3-4-6-21(17)32-24(18)25(33)23-19(27)12-16(13-20(23)28)7-8-22(34)35/h3-8,12-13,15,25,32H,1,9-11H2,2H3,(H,34,35)/b8-7+/t15-,25-/m1/s1. The molecule has 2 aromatic carbocycles. The number of alkyl halides is 3. The highest BCUT2D eigenvalue weighted by atomic mass is 19.4. The molecule has 0 amide bonds. The molecule has 9 heteroatoms. The third kappa shape index (κ3) is 4.86. The van der Waals surface area contributed by atoms with Crippen LogP contribution in [0, 0.1) is 11.6 Å². The van der Waals surface area contributed by atoms with Crippen LogP contribution in [0.5, 0.6) is 0 Å². The van der Waals surface area contributed by atoms with Crippen molar-refractivity contribution >= 4 is 22.9 Å². The fourth-order valence-corrected chi connectivity index (χ4v) is 4.70. The number of carboxylic acids is 1. The number of halogens is 5. The molecule has 35 heavy (non-hydrogen) atoms. The average molecular weight is 490 g/mol. The van der Waals surface area contributed by atoms with Crippen LogP contribution in [0.15, 0.2) is 54.6 Å². The SMILES string of the molecule is C=C(CCN1[C@H](c2c(F)cc(/C=C/C(=O)O)cc2F)c2[nH]c3ccccc3c2C[C@H]1C)C(F)(F)F. The predicted molar refractivity (Wildman–Crippen MR) is 123 cm³/mol. The summed E-state index contributed by atoms with van der Waals surface area (Å²) < 4.78 is 70.1. The van der Waals surface area contributed by atoms with E-state index < -0.39 is 41.8 Å². The van der Waals surface area contributed by atoms with Crippen molar-refractivity contribution in [2.24, 2.45) is 0 Å². The van der Waals surface area contributed by atoms with E-state index in [9.17, 15) is 18.0 Å². The first kappa shape index (κ1) is 24.7. The lowest BCUT2D eigenvalue weighted by Gasteiger charge is -2.41. The molecule has 0 aliphatic carbocycles. The van der Waals surface area contributed by atoms with Crippen molar-refractivity contribution in [3.05, 3.63) is 88.6 Å². The lowest BCUT2D eigenvalue weighted by molar-refractivity contribution is -0.131. The van der Waals surface area contributed by atoms with Gasteiger partial charge >= 0.3 is 12.1 Å². The van der Waals surface area contributed by atoms with Gasteiger partial charge in [0.2, 0.25) is 0 Å². The maximum absolute atomic E-state index is 15.4. The second-order valence-corrected chi connectivity index (χ2v) is 8.68. The van der Waals surface area contributed by atoms with E-state index >= 15 is 8.78 Å². The Bertz CT molecular complexity index is 1300. The lowest BCUT2D eigenvalue weighted by atomic mass is 9.87. The van der Waals surface area contributed by atoms with Crippen molar-refractivity contribution < 1.29 is 31.9 Å². The summed E-state index contributed by atoms with van der Waals surface area (Å²) in [5.41, 5.74) is 0.934. The number of H-pyrrole nitrogens is 1. The molecule has 0 saturated heterocycles. The van der Waals surface area contributed by atoms with Crippen LogP contribution >= 0.6 is 0 Å². The molecule has 1 aliphatic heterocycles. The largest absolute Gasteiger partial charge is 0.478 e. The molecule has 0 fully saturated rings. The molecule has 1 aromatic heterocycles. The monoisotopic (exact) mass is 490 g/mol. The molecule has 4 nitrogen and oxygen atoms in total. The van der Waals surface area contributed by atoms with Gasteiger partial charge in [-0.05, 0) is 55.2 Å². The van der Waals surface area contributed by atoms with Gasteiger partial charge in [0.25, 0.3) is 0 Å². The number of para-hydroxylation sites is 1. The van der Waals surface area contributed by atoms with E-state index in [2.05, 4.69) is 11.6 Å². The summed E-state index contributed by atoms with van der Waals surface area (Å²) in [6, 6.07) is 8.09. The average Bonchev–Trinajstić information content (AvgIpc) is 3.14. The molecule has 2 heterocycles. The number of hydrogen-bond donors (Lipinski definition) is 2. The van der Waals surface area contributed by atoms with Crippen LogP contribution in [0.3, 0.4) is 0 Å². The Kier molecular flexibility index (Phi) is 6.55. The number of fused-ring (bicyclic) bond motifs is 3. The Morgan fingerprint density at radius 1 is 1.23 bits per heavy atom. The van der Waals surface area contributed by atoms with Gasteiger partial charge < -0.3 is 10.1 Å². The first-order valence-electron chi connectivity index (χ1n) is 11.0. The van der Waals surface area contributed by atoms with Gasteiger partial charge in [-0.3, -0.25) is 4.90 Å². The van der Waals surface area contributed by atoms with E-state index in [1.165, 1.54) is 0 Å². The predicted octanol–water partition coefficient (Wildman–Crippen LogP) is 6.39. The van der Waals surface area contributed by atoms with Crippen LogP contribution in [0.25, 0.3) is 17.0 Å². The summed E-state index contributed by atoms with van der Waals surface area (Å²) >= 11 is 0. The maximum Gasteiger partial charge on any atom is 0.412 e. The van der Waals surface area contributed by atoms with E-state index in [1.807, 2.05) is 31.2 Å². The summed E-state index contributed by atoms with van der Waals surface area (Å²) in [6.45, 7) is 4.83. The van der Waals surface area contributed by atoms with Crippen molar-refractivity contribution in [3.63, 3.8) is 0 Å². The summed E-state index contributed by atoms with van der Waals surface area (Å²) in [5, 5.41) is 9.69. The van der Waals surface area contributed by atoms with Gasteiger partial charge in [-0.2, -0.15) is 13.2 Å². The second-order valence-electron chi connectivity index (χ2n) is 8.68. The van der Waals surface area contributed by atoms with Crippen molar-refractivity contribution in [3.8, 4) is 0 Å². The van der Waals surface area contributed by atoms with Gasteiger partial charge in [0.05, 0.1) is 6.04 Å². The molecule has 0 saturated carbocycles. The number of hydrogen-bond acceptors (Lipinski definition) is 2. The van der Waals surface area contributed by atoms with E-state index in [0.717, 1.165) is 40.8 Å². The molecule has 2 N–H and O–H groups in total. The molecule has 0 bridgehead atoms. The molecular weight excluding hydrogens is 467 g/mol. The summed E-state index contributed by atoms with van der Waals surface area (Å²) in [5.74, 6) is -3.11. The second kappa shape index (κ2) is 9.30. The summed E-state index contributed by atoms with van der Waals surface area (Å²) in [6.07, 6.45) is -2.66. The van der Waals surface area contributed by atoms with Crippen molar-refractivity contribution in [1.29, 1.82) is 0 Å². The molecule has 0 unspecified atom stereocenters. The number of benzene rings is 2. The number of aromatic amines is 1. The molecule has 3 aromatic rings. The van der Waals surface area contributed by atoms with Gasteiger partial charge in [-0.25, -0.2) is 13.6 Å². The van der Waals surface area contributed by atoms with Crippen LogP contribution < -0.4 is 0 Å². The maximum atomic E-state index is 15.4. The van der Waals surface area contributed by atoms with Crippen LogP contribution in [-0.4, -0.2) is 39.7 Å². The van der Waals surface area contributed by atoms with Crippen LogP contribution in [-0.2, 0) is 11.2 Å². The van der Waals surface area contributed by atoms with E-state index in [0.29, 0.717) is 12.1 Å². The molecule has 1 aliphatic rings. The first-order chi connectivity index (χ1) is 16.5. The van der Waals surface area contributed by atoms with Crippen LogP contribution in [0.2, 0.25) is 0 Å². The zero-order valence-electron chi connectivity index (χ0n) is 18.8. The minimum absolute atomic E-state index is 0.0175. The molecule has 4 rings (SSSR count). The van der Waals surface area contributed by atoms with E-state index in [1.54, 1.807) is 4.90 Å². The Labute approximate surface area is 198 Å². The zero-order valence-corrected chi connectivity index (χ0v) is 18.8. The first-order valence-corrected chi connectivity index (χ1v) is 11.0. The minimum atomic E-state index is -4.56. The fourth-order valence-electron chi connectivity index (χ4n) is 4.70. The van der Waals surface area contributed by atoms with Gasteiger partial charge in [-0.15, -0.1) is 0 Å². The molecule has 0 spiro atoms. The molecule has 184 valence electrons. The van der Waals surface area contributed by atoms with Crippen molar-refractivity contribution in [2.75, 3.05) is 6.54 Å². The zero-order chi connectivity index (χ0) is 25.5. The topological polar surface area (TPSA) is 56.3 Å². The number of aromatic nitrogens is 1. The molecular formula is C26H23F5N2O2. The van der Waals surface area contributed by atoms with Crippen LogP contribution in [0.4, 0.5) is 22.0 Å².